The van der Waals surface area contributed by atoms with Crippen molar-refractivity contribution in [2.45, 2.75) is 26.2 Å². The Labute approximate surface area is 90.3 Å². The number of pyridine rings is 1. The molecular formula is C11H17FNOP. The van der Waals surface area contributed by atoms with E-state index in [1.165, 1.54) is 19.4 Å². The van der Waals surface area contributed by atoms with E-state index >= 15 is 0 Å². The number of halogens is 1. The van der Waals surface area contributed by atoms with Gasteiger partial charge in [0.2, 0.25) is 0 Å². The molecule has 0 spiro atoms. The van der Waals surface area contributed by atoms with Crippen LogP contribution >= 0.6 is 7.14 Å². The molecule has 0 saturated carbocycles. The lowest BCUT2D eigenvalue weighted by molar-refractivity contribution is 0.559. The number of hydrogen-bond donors (Lipinski definition) is 0. The topological polar surface area (TPSA) is 30.0 Å². The average molecular weight is 229 g/mol. The first-order valence-electron chi connectivity index (χ1n) is 4.85. The molecule has 0 saturated heterocycles. The molecular weight excluding hydrogens is 212 g/mol. The number of aromatic nitrogens is 1. The first-order valence-corrected chi connectivity index (χ1v) is 7.45. The molecule has 0 aliphatic carbocycles. The van der Waals surface area contributed by atoms with Crippen LogP contribution in [0.4, 0.5) is 4.39 Å². The summed E-state index contributed by atoms with van der Waals surface area (Å²) in [5, 5.41) is 0. The van der Waals surface area contributed by atoms with Gasteiger partial charge in [-0.3, -0.25) is 0 Å². The van der Waals surface area contributed by atoms with Crippen LogP contribution in [0, 0.1) is 5.82 Å². The predicted octanol–water partition coefficient (Wildman–Crippen LogP) is 2.77. The lowest BCUT2D eigenvalue weighted by Crippen LogP contribution is -2.22. The molecule has 0 aliphatic rings. The Balaban J connectivity index is 3.36. The van der Waals surface area contributed by atoms with E-state index in [2.05, 4.69) is 4.98 Å². The fourth-order valence-electron chi connectivity index (χ4n) is 1.23. The predicted molar refractivity (Wildman–Crippen MR) is 62.0 cm³/mol. The van der Waals surface area contributed by atoms with Gasteiger partial charge in [-0.25, -0.2) is 9.37 Å². The van der Waals surface area contributed by atoms with Crippen molar-refractivity contribution in [3.63, 3.8) is 0 Å². The zero-order valence-corrected chi connectivity index (χ0v) is 10.7. The second-order valence-electron chi connectivity index (χ2n) is 5.10. The van der Waals surface area contributed by atoms with Crippen molar-refractivity contribution in [1.82, 2.24) is 4.98 Å². The zero-order chi connectivity index (χ0) is 11.9. The summed E-state index contributed by atoms with van der Waals surface area (Å²) in [4.78, 5) is 4.18. The second-order valence-corrected chi connectivity index (χ2v) is 8.23. The Hall–Kier alpha value is -0.690. The molecule has 1 rings (SSSR count). The number of nitrogens with zero attached hydrogens (tertiary/aromatic N) is 1. The molecule has 1 aromatic heterocycles. The second kappa shape index (κ2) is 3.71. The van der Waals surface area contributed by atoms with Crippen LogP contribution < -0.4 is 5.44 Å². The van der Waals surface area contributed by atoms with E-state index in [0.717, 1.165) is 5.69 Å². The third-order valence-corrected chi connectivity index (χ3v) is 3.44. The lowest BCUT2D eigenvalue weighted by Gasteiger charge is -2.19. The van der Waals surface area contributed by atoms with Crippen LogP contribution in [0.3, 0.4) is 0 Å². The number of rotatable bonds is 1. The van der Waals surface area contributed by atoms with Crippen molar-refractivity contribution in [2.24, 2.45) is 0 Å². The minimum atomic E-state index is -2.64. The molecule has 0 unspecified atom stereocenters. The van der Waals surface area contributed by atoms with Crippen molar-refractivity contribution in [3.8, 4) is 0 Å². The van der Waals surface area contributed by atoms with Gasteiger partial charge in [0, 0.05) is 11.1 Å². The largest absolute Gasteiger partial charge is 0.318 e. The quantitative estimate of drug-likeness (QED) is 0.693. The Kier molecular flexibility index (Phi) is 3.06. The summed E-state index contributed by atoms with van der Waals surface area (Å²) in [6, 6.07) is 3.00. The van der Waals surface area contributed by atoms with Gasteiger partial charge in [0.15, 0.2) is 5.82 Å². The minimum absolute atomic E-state index is 0.106. The van der Waals surface area contributed by atoms with Gasteiger partial charge in [-0.1, -0.05) is 20.8 Å². The maximum atomic E-state index is 13.4. The smallest absolute Gasteiger partial charge is 0.152 e. The van der Waals surface area contributed by atoms with Gasteiger partial charge in [-0.15, -0.1) is 0 Å². The Bertz CT molecular complexity index is 417. The highest BCUT2D eigenvalue weighted by Gasteiger charge is 2.23. The van der Waals surface area contributed by atoms with E-state index in [0.29, 0.717) is 0 Å². The van der Waals surface area contributed by atoms with Gasteiger partial charge < -0.3 is 4.57 Å². The third kappa shape index (κ3) is 2.88. The monoisotopic (exact) mass is 229 g/mol. The normalized spacial score (nSPS) is 12.9. The Morgan fingerprint density at radius 3 is 2.20 bits per heavy atom. The van der Waals surface area contributed by atoms with E-state index in [9.17, 15) is 8.96 Å². The average Bonchev–Trinajstić information content (AvgIpc) is 2.00. The van der Waals surface area contributed by atoms with Crippen LogP contribution in [-0.4, -0.2) is 18.3 Å². The molecule has 1 heterocycles. The standard InChI is InChI=1S/C11H17FNOP/c1-11(2,3)9-7-6-8(12)10(13-9)15(4,5)14/h6-7H,1-5H3. The number of hydrogen-bond acceptors (Lipinski definition) is 2. The molecule has 0 amide bonds. The lowest BCUT2D eigenvalue weighted by atomic mass is 9.92. The van der Waals surface area contributed by atoms with Crippen LogP contribution in [-0.2, 0) is 9.98 Å². The van der Waals surface area contributed by atoms with E-state index in [4.69, 9.17) is 0 Å². The fraction of sp³-hybridized carbons (Fsp3) is 0.545. The SMILES string of the molecule is CC(C)(C)c1ccc(F)c(P(C)(C)=O)n1. The van der Waals surface area contributed by atoms with Gasteiger partial charge in [0.05, 0.1) is 0 Å². The van der Waals surface area contributed by atoms with E-state index in [-0.39, 0.29) is 10.9 Å². The molecule has 0 radical (unpaired) electrons. The van der Waals surface area contributed by atoms with Crippen molar-refractivity contribution in [2.75, 3.05) is 13.3 Å². The third-order valence-electron chi connectivity index (χ3n) is 2.11. The maximum Gasteiger partial charge on any atom is 0.152 e. The highest BCUT2D eigenvalue weighted by Crippen LogP contribution is 2.35. The summed E-state index contributed by atoms with van der Waals surface area (Å²) in [6.45, 7) is 9.05. The Morgan fingerprint density at radius 2 is 1.80 bits per heavy atom. The van der Waals surface area contributed by atoms with Crippen LogP contribution in [0.2, 0.25) is 0 Å². The molecule has 0 aliphatic heterocycles. The molecule has 0 fully saturated rings. The van der Waals surface area contributed by atoms with Crippen molar-refractivity contribution >= 4 is 12.6 Å². The molecule has 0 aromatic carbocycles. The zero-order valence-electron chi connectivity index (χ0n) is 9.84. The first kappa shape index (κ1) is 12.4. The maximum absolute atomic E-state index is 13.4. The highest BCUT2D eigenvalue weighted by molar-refractivity contribution is 7.69. The molecule has 4 heteroatoms. The van der Waals surface area contributed by atoms with Gasteiger partial charge in [-0.05, 0) is 25.5 Å². The van der Waals surface area contributed by atoms with Crippen LogP contribution in [0.25, 0.3) is 0 Å². The van der Waals surface area contributed by atoms with Gasteiger partial charge >= 0.3 is 0 Å². The van der Waals surface area contributed by atoms with Gasteiger partial charge in [0.1, 0.15) is 12.6 Å². The van der Waals surface area contributed by atoms with Crippen molar-refractivity contribution < 1.29 is 8.96 Å². The molecule has 2 nitrogen and oxygen atoms in total. The fourth-order valence-corrected chi connectivity index (χ4v) is 2.16. The molecule has 15 heavy (non-hydrogen) atoms. The summed E-state index contributed by atoms with van der Waals surface area (Å²) < 4.78 is 25.2. The summed E-state index contributed by atoms with van der Waals surface area (Å²) in [7, 11) is -2.64. The summed E-state index contributed by atoms with van der Waals surface area (Å²) in [5.74, 6) is -0.476. The van der Waals surface area contributed by atoms with Crippen LogP contribution in [0.15, 0.2) is 12.1 Å². The van der Waals surface area contributed by atoms with Gasteiger partial charge in [-0.2, -0.15) is 0 Å². The molecule has 0 N–H and O–H groups in total. The van der Waals surface area contributed by atoms with Gasteiger partial charge in [0.25, 0.3) is 0 Å². The van der Waals surface area contributed by atoms with Crippen LogP contribution in [0.5, 0.6) is 0 Å². The highest BCUT2D eigenvalue weighted by atomic mass is 31.2. The Morgan fingerprint density at radius 1 is 1.27 bits per heavy atom. The first-order chi connectivity index (χ1) is 6.62. The molecule has 0 atom stereocenters. The molecule has 84 valence electrons. The molecule has 0 bridgehead atoms. The van der Waals surface area contributed by atoms with E-state index < -0.39 is 13.0 Å². The van der Waals surface area contributed by atoms with Crippen LogP contribution in [0.1, 0.15) is 26.5 Å². The minimum Gasteiger partial charge on any atom is -0.318 e. The van der Waals surface area contributed by atoms with Crippen molar-refractivity contribution in [3.05, 3.63) is 23.6 Å². The van der Waals surface area contributed by atoms with E-state index in [1.807, 2.05) is 20.8 Å². The molecule has 1 aromatic rings. The summed E-state index contributed by atoms with van der Waals surface area (Å²) in [5.41, 5.74) is 0.718. The van der Waals surface area contributed by atoms with E-state index in [1.54, 1.807) is 6.07 Å². The van der Waals surface area contributed by atoms with Crippen molar-refractivity contribution in [1.29, 1.82) is 0 Å². The summed E-state index contributed by atoms with van der Waals surface area (Å²) >= 11 is 0. The summed E-state index contributed by atoms with van der Waals surface area (Å²) in [6.07, 6.45) is 0.